The van der Waals surface area contributed by atoms with E-state index in [0.717, 1.165) is 18.1 Å². The molecule has 1 fully saturated rings. The first-order valence-electron chi connectivity index (χ1n) is 6.01. The normalized spacial score (nSPS) is 21.1. The van der Waals surface area contributed by atoms with Crippen LogP contribution in [0.2, 0.25) is 5.02 Å². The fourth-order valence-electron chi connectivity index (χ4n) is 2.36. The van der Waals surface area contributed by atoms with Crippen LogP contribution in [-0.2, 0) is 0 Å². The second-order valence-corrected chi connectivity index (χ2v) is 6.17. The quantitative estimate of drug-likeness (QED) is 0.916. The van der Waals surface area contributed by atoms with Gasteiger partial charge in [-0.05, 0) is 24.6 Å². The Morgan fingerprint density at radius 1 is 1.24 bits per heavy atom. The Morgan fingerprint density at radius 3 is 2.35 bits per heavy atom. The van der Waals surface area contributed by atoms with Gasteiger partial charge in [0.25, 0.3) is 0 Å². The zero-order valence-corrected chi connectivity index (χ0v) is 11.7. The van der Waals surface area contributed by atoms with E-state index in [2.05, 4.69) is 24.0 Å². The van der Waals surface area contributed by atoms with E-state index in [1.54, 1.807) is 0 Å². The summed E-state index contributed by atoms with van der Waals surface area (Å²) in [6.45, 7) is 4.33. The maximum atomic E-state index is 6.16. The van der Waals surface area contributed by atoms with Crippen molar-refractivity contribution in [2.24, 2.45) is 5.73 Å². The van der Waals surface area contributed by atoms with E-state index in [1.807, 2.05) is 23.9 Å². The Balaban J connectivity index is 2.18. The highest BCUT2D eigenvalue weighted by Gasteiger charge is 2.25. The largest absolute Gasteiger partial charge is 0.326 e. The van der Waals surface area contributed by atoms with E-state index >= 15 is 0 Å². The molecule has 1 aliphatic heterocycles. The van der Waals surface area contributed by atoms with Crippen LogP contribution in [0.15, 0.2) is 24.3 Å². The van der Waals surface area contributed by atoms with Crippen molar-refractivity contribution in [2.75, 3.05) is 24.6 Å². The zero-order chi connectivity index (χ0) is 12.3. The first-order valence-corrected chi connectivity index (χ1v) is 7.54. The Kier molecular flexibility index (Phi) is 4.74. The molecule has 94 valence electrons. The maximum Gasteiger partial charge on any atom is 0.0497 e. The van der Waals surface area contributed by atoms with Gasteiger partial charge in [0.1, 0.15) is 0 Å². The fourth-order valence-corrected chi connectivity index (χ4v) is 3.42. The minimum Gasteiger partial charge on any atom is -0.326 e. The second-order valence-electron chi connectivity index (χ2n) is 4.50. The third-order valence-corrected chi connectivity index (χ3v) is 4.34. The molecule has 2 N–H and O–H groups in total. The van der Waals surface area contributed by atoms with Crippen LogP contribution in [0.4, 0.5) is 0 Å². The predicted octanol–water partition coefficient (Wildman–Crippen LogP) is 2.78. The van der Waals surface area contributed by atoms with Gasteiger partial charge in [0.05, 0.1) is 0 Å². The molecule has 0 aromatic heterocycles. The molecule has 0 aliphatic carbocycles. The van der Waals surface area contributed by atoms with Crippen molar-refractivity contribution in [3.63, 3.8) is 0 Å². The van der Waals surface area contributed by atoms with Crippen molar-refractivity contribution in [3.05, 3.63) is 34.9 Å². The number of thioether (sulfide) groups is 1. The average Bonchev–Trinajstić information content (AvgIpc) is 2.33. The van der Waals surface area contributed by atoms with Gasteiger partial charge in [-0.3, -0.25) is 4.90 Å². The lowest BCUT2D eigenvalue weighted by atomic mass is 9.99. The number of nitrogens with two attached hydrogens (primary N) is 1. The highest BCUT2D eigenvalue weighted by atomic mass is 35.5. The molecule has 1 aliphatic rings. The van der Waals surface area contributed by atoms with Gasteiger partial charge >= 0.3 is 0 Å². The standard InChI is InChI=1S/C13H19ClN2S/c1-10(15)13(16-6-8-17-9-7-16)11-2-4-12(14)5-3-11/h2-5,10,13H,6-9,15H2,1H3. The zero-order valence-electron chi connectivity index (χ0n) is 10.1. The predicted molar refractivity (Wildman–Crippen MR) is 76.7 cm³/mol. The molecule has 1 heterocycles. The van der Waals surface area contributed by atoms with E-state index in [1.165, 1.54) is 17.1 Å². The van der Waals surface area contributed by atoms with Crippen molar-refractivity contribution >= 4 is 23.4 Å². The highest BCUT2D eigenvalue weighted by Crippen LogP contribution is 2.27. The number of benzene rings is 1. The summed E-state index contributed by atoms with van der Waals surface area (Å²) in [7, 11) is 0. The van der Waals surface area contributed by atoms with Gasteiger partial charge in [-0.15, -0.1) is 0 Å². The Hall–Kier alpha value is -0.220. The van der Waals surface area contributed by atoms with Crippen LogP contribution in [0.3, 0.4) is 0 Å². The molecule has 2 rings (SSSR count). The van der Waals surface area contributed by atoms with E-state index in [9.17, 15) is 0 Å². The molecule has 0 spiro atoms. The molecule has 0 amide bonds. The Morgan fingerprint density at radius 2 is 1.82 bits per heavy atom. The van der Waals surface area contributed by atoms with Crippen LogP contribution in [0.1, 0.15) is 18.5 Å². The summed E-state index contributed by atoms with van der Waals surface area (Å²) in [4.78, 5) is 2.49. The number of rotatable bonds is 3. The van der Waals surface area contributed by atoms with Crippen LogP contribution in [-0.4, -0.2) is 35.5 Å². The minimum atomic E-state index is 0.138. The molecule has 2 nitrogen and oxygen atoms in total. The summed E-state index contributed by atoms with van der Waals surface area (Å²) in [6, 6.07) is 8.54. The summed E-state index contributed by atoms with van der Waals surface area (Å²) in [5.41, 5.74) is 7.43. The summed E-state index contributed by atoms with van der Waals surface area (Å²) >= 11 is 7.96. The van der Waals surface area contributed by atoms with Gasteiger partial charge in [0.15, 0.2) is 0 Å². The average molecular weight is 271 g/mol. The molecule has 2 unspecified atom stereocenters. The third kappa shape index (κ3) is 3.38. The number of hydrogen-bond acceptors (Lipinski definition) is 3. The monoisotopic (exact) mass is 270 g/mol. The van der Waals surface area contributed by atoms with Crippen LogP contribution in [0, 0.1) is 0 Å². The molecule has 0 radical (unpaired) electrons. The van der Waals surface area contributed by atoms with Crippen molar-refractivity contribution in [2.45, 2.75) is 19.0 Å². The van der Waals surface area contributed by atoms with Gasteiger partial charge in [0.2, 0.25) is 0 Å². The van der Waals surface area contributed by atoms with E-state index in [4.69, 9.17) is 17.3 Å². The van der Waals surface area contributed by atoms with E-state index in [-0.39, 0.29) is 6.04 Å². The Labute approximate surface area is 113 Å². The van der Waals surface area contributed by atoms with Gasteiger partial charge in [-0.25, -0.2) is 0 Å². The van der Waals surface area contributed by atoms with E-state index in [0.29, 0.717) is 6.04 Å². The molecule has 17 heavy (non-hydrogen) atoms. The van der Waals surface area contributed by atoms with Crippen molar-refractivity contribution in [3.8, 4) is 0 Å². The molecule has 4 heteroatoms. The van der Waals surface area contributed by atoms with Crippen molar-refractivity contribution < 1.29 is 0 Å². The summed E-state index contributed by atoms with van der Waals surface area (Å²) in [5.74, 6) is 2.41. The number of halogens is 1. The van der Waals surface area contributed by atoms with Gasteiger partial charge in [-0.2, -0.15) is 11.8 Å². The smallest absolute Gasteiger partial charge is 0.0497 e. The van der Waals surface area contributed by atoms with Gasteiger partial charge in [0, 0.05) is 41.7 Å². The van der Waals surface area contributed by atoms with Crippen LogP contribution in [0.5, 0.6) is 0 Å². The SMILES string of the molecule is CC(N)C(c1ccc(Cl)cc1)N1CCSCC1. The first kappa shape index (κ1) is 13.2. The van der Waals surface area contributed by atoms with Gasteiger partial charge in [-0.1, -0.05) is 23.7 Å². The first-order chi connectivity index (χ1) is 8.18. The lowest BCUT2D eigenvalue weighted by Gasteiger charge is -2.36. The molecule has 0 bridgehead atoms. The van der Waals surface area contributed by atoms with Crippen molar-refractivity contribution in [1.29, 1.82) is 0 Å². The molecule has 2 atom stereocenters. The summed E-state index contributed by atoms with van der Waals surface area (Å²) in [6.07, 6.45) is 0. The minimum absolute atomic E-state index is 0.138. The molecular formula is C13H19ClN2S. The summed E-state index contributed by atoms with van der Waals surface area (Å²) < 4.78 is 0. The third-order valence-electron chi connectivity index (χ3n) is 3.15. The molecular weight excluding hydrogens is 252 g/mol. The van der Waals surface area contributed by atoms with Crippen LogP contribution >= 0.6 is 23.4 Å². The fraction of sp³-hybridized carbons (Fsp3) is 0.538. The molecule has 1 saturated heterocycles. The van der Waals surface area contributed by atoms with Crippen molar-refractivity contribution in [1.82, 2.24) is 4.90 Å². The van der Waals surface area contributed by atoms with E-state index < -0.39 is 0 Å². The topological polar surface area (TPSA) is 29.3 Å². The Bertz CT molecular complexity index is 347. The second kappa shape index (κ2) is 6.10. The lowest BCUT2D eigenvalue weighted by Crippen LogP contribution is -2.43. The number of nitrogens with zero attached hydrogens (tertiary/aromatic N) is 1. The number of hydrogen-bond donors (Lipinski definition) is 1. The highest BCUT2D eigenvalue weighted by molar-refractivity contribution is 7.99. The molecule has 1 aromatic rings. The van der Waals surface area contributed by atoms with Crippen LogP contribution in [0.25, 0.3) is 0 Å². The lowest BCUT2D eigenvalue weighted by molar-refractivity contribution is 0.195. The summed E-state index contributed by atoms with van der Waals surface area (Å²) in [5, 5.41) is 0.784. The molecule has 0 saturated carbocycles. The van der Waals surface area contributed by atoms with Crippen LogP contribution < -0.4 is 5.73 Å². The maximum absolute atomic E-state index is 6.16. The molecule has 1 aromatic carbocycles. The van der Waals surface area contributed by atoms with Gasteiger partial charge < -0.3 is 5.73 Å².